The van der Waals surface area contributed by atoms with Crippen molar-refractivity contribution in [2.45, 2.75) is 19.9 Å². The fourth-order valence-electron chi connectivity index (χ4n) is 2.94. The van der Waals surface area contributed by atoms with E-state index in [-0.39, 0.29) is 13.2 Å². The van der Waals surface area contributed by atoms with Gasteiger partial charge in [-0.1, -0.05) is 41.4 Å². The second kappa shape index (κ2) is 10.3. The van der Waals surface area contributed by atoms with E-state index in [1.54, 1.807) is 18.3 Å². The maximum absolute atomic E-state index is 12.0. The third kappa shape index (κ3) is 5.99. The summed E-state index contributed by atoms with van der Waals surface area (Å²) in [7, 11) is 0. The molecule has 0 unspecified atom stereocenters. The SMILES string of the molecule is CC(C)n1cc(/C=N\NC(=O)CNC(=O)COc2ccc(Cl)cc2Cl)c2ccccc21. The van der Waals surface area contributed by atoms with Gasteiger partial charge in [0, 0.05) is 33.7 Å². The van der Waals surface area contributed by atoms with Gasteiger partial charge in [-0.3, -0.25) is 9.59 Å². The molecule has 9 heteroatoms. The van der Waals surface area contributed by atoms with Gasteiger partial charge in [0.05, 0.1) is 17.8 Å². The molecular weight excluding hydrogens is 439 g/mol. The Balaban J connectivity index is 1.48. The van der Waals surface area contributed by atoms with Crippen molar-refractivity contribution >= 4 is 52.1 Å². The summed E-state index contributed by atoms with van der Waals surface area (Å²) in [6, 6.07) is 13.0. The summed E-state index contributed by atoms with van der Waals surface area (Å²) in [6.45, 7) is 3.68. The minimum Gasteiger partial charge on any atom is -0.482 e. The molecule has 0 aliphatic carbocycles. The first-order chi connectivity index (χ1) is 14.8. The maximum Gasteiger partial charge on any atom is 0.259 e. The van der Waals surface area contributed by atoms with Crippen LogP contribution in [0.3, 0.4) is 0 Å². The quantitative estimate of drug-likeness (QED) is 0.390. The van der Waals surface area contributed by atoms with Crippen molar-refractivity contribution in [3.05, 3.63) is 64.3 Å². The third-order valence-corrected chi connectivity index (χ3v) is 4.95. The van der Waals surface area contributed by atoms with E-state index in [0.29, 0.717) is 21.8 Å². The van der Waals surface area contributed by atoms with Crippen LogP contribution in [0, 0.1) is 0 Å². The highest BCUT2D eigenvalue weighted by molar-refractivity contribution is 6.35. The number of fused-ring (bicyclic) bond motifs is 1. The van der Waals surface area contributed by atoms with Crippen molar-refractivity contribution in [1.29, 1.82) is 0 Å². The summed E-state index contributed by atoms with van der Waals surface area (Å²) >= 11 is 11.8. The standard InChI is InChI=1S/C22H22Cl2N4O3/c1-14(2)28-12-15(17-5-3-4-6-19(17)28)10-26-27-21(29)11-25-22(30)13-31-20-8-7-16(23)9-18(20)24/h3-10,12,14H,11,13H2,1-2H3,(H,25,30)(H,27,29)/b26-10-. The summed E-state index contributed by atoms with van der Waals surface area (Å²) in [6.07, 6.45) is 3.58. The topological polar surface area (TPSA) is 84.7 Å². The lowest BCUT2D eigenvalue weighted by molar-refractivity contribution is -0.127. The number of hydrazone groups is 1. The number of amides is 2. The molecule has 0 saturated carbocycles. The molecule has 0 radical (unpaired) electrons. The number of halogens is 2. The zero-order valence-electron chi connectivity index (χ0n) is 17.1. The number of rotatable bonds is 8. The predicted octanol–water partition coefficient (Wildman–Crippen LogP) is 4.17. The summed E-state index contributed by atoms with van der Waals surface area (Å²) in [4.78, 5) is 23.8. The Bertz CT molecular complexity index is 1130. The number of benzene rings is 2. The van der Waals surface area contributed by atoms with Gasteiger partial charge in [-0.2, -0.15) is 5.10 Å². The number of carbonyl (C=O) groups excluding carboxylic acids is 2. The number of aromatic nitrogens is 1. The Morgan fingerprint density at radius 3 is 2.68 bits per heavy atom. The lowest BCUT2D eigenvalue weighted by Crippen LogP contribution is -2.37. The number of nitrogens with one attached hydrogen (secondary N) is 2. The largest absolute Gasteiger partial charge is 0.482 e. The van der Waals surface area contributed by atoms with Crippen LogP contribution in [0.1, 0.15) is 25.5 Å². The van der Waals surface area contributed by atoms with Crippen LogP contribution in [-0.4, -0.2) is 35.7 Å². The number of ether oxygens (including phenoxy) is 1. The molecule has 0 spiro atoms. The fraction of sp³-hybridized carbons (Fsp3) is 0.227. The van der Waals surface area contributed by atoms with E-state index in [1.165, 1.54) is 6.07 Å². The molecule has 0 atom stereocenters. The molecule has 0 saturated heterocycles. The van der Waals surface area contributed by atoms with E-state index in [2.05, 4.69) is 34.3 Å². The van der Waals surface area contributed by atoms with Gasteiger partial charge in [0.2, 0.25) is 0 Å². The smallest absolute Gasteiger partial charge is 0.259 e. The Morgan fingerprint density at radius 2 is 1.94 bits per heavy atom. The Morgan fingerprint density at radius 1 is 1.16 bits per heavy atom. The average molecular weight is 461 g/mol. The van der Waals surface area contributed by atoms with E-state index >= 15 is 0 Å². The Kier molecular flexibility index (Phi) is 7.55. The van der Waals surface area contributed by atoms with Gasteiger partial charge in [-0.05, 0) is 38.1 Å². The van der Waals surface area contributed by atoms with Crippen LogP contribution in [0.2, 0.25) is 10.0 Å². The number of para-hydroxylation sites is 1. The van der Waals surface area contributed by atoms with Gasteiger partial charge in [0.1, 0.15) is 5.75 Å². The minimum absolute atomic E-state index is 0.234. The number of nitrogens with zero attached hydrogens (tertiary/aromatic N) is 2. The second-order valence-electron chi connectivity index (χ2n) is 7.04. The summed E-state index contributed by atoms with van der Waals surface area (Å²) < 4.78 is 7.47. The van der Waals surface area contributed by atoms with E-state index < -0.39 is 11.8 Å². The van der Waals surface area contributed by atoms with Crippen LogP contribution in [0.5, 0.6) is 5.75 Å². The Hall–Kier alpha value is -3.03. The summed E-state index contributed by atoms with van der Waals surface area (Å²) in [5, 5.41) is 8.27. The van der Waals surface area contributed by atoms with E-state index in [1.807, 2.05) is 30.5 Å². The molecule has 0 bridgehead atoms. The van der Waals surface area contributed by atoms with Crippen LogP contribution in [0.15, 0.2) is 53.8 Å². The Labute approximate surface area is 190 Å². The normalized spacial score (nSPS) is 11.3. The lowest BCUT2D eigenvalue weighted by atomic mass is 10.2. The van der Waals surface area contributed by atoms with Crippen molar-refractivity contribution in [3.63, 3.8) is 0 Å². The van der Waals surface area contributed by atoms with E-state index in [4.69, 9.17) is 27.9 Å². The van der Waals surface area contributed by atoms with Crippen LogP contribution < -0.4 is 15.5 Å². The summed E-state index contributed by atoms with van der Waals surface area (Å²) in [5.41, 5.74) is 4.40. The monoisotopic (exact) mass is 460 g/mol. The maximum atomic E-state index is 12.0. The molecule has 2 aromatic carbocycles. The molecule has 2 N–H and O–H groups in total. The van der Waals surface area contributed by atoms with Gasteiger partial charge in [0.15, 0.2) is 6.61 Å². The predicted molar refractivity (Wildman–Crippen MR) is 123 cm³/mol. The zero-order chi connectivity index (χ0) is 22.4. The first-order valence-electron chi connectivity index (χ1n) is 9.61. The fourth-order valence-corrected chi connectivity index (χ4v) is 3.40. The molecule has 3 rings (SSSR count). The van der Waals surface area contributed by atoms with Crippen LogP contribution in [0.25, 0.3) is 10.9 Å². The molecule has 1 aromatic heterocycles. The third-order valence-electron chi connectivity index (χ3n) is 4.42. The highest BCUT2D eigenvalue weighted by Crippen LogP contribution is 2.27. The minimum atomic E-state index is -0.467. The van der Waals surface area contributed by atoms with Crippen LogP contribution >= 0.6 is 23.2 Å². The van der Waals surface area contributed by atoms with Crippen LogP contribution in [0.4, 0.5) is 0 Å². The van der Waals surface area contributed by atoms with Crippen LogP contribution in [-0.2, 0) is 9.59 Å². The number of carbonyl (C=O) groups is 2. The highest BCUT2D eigenvalue weighted by atomic mass is 35.5. The molecule has 0 fully saturated rings. The lowest BCUT2D eigenvalue weighted by Gasteiger charge is -2.08. The van der Waals surface area contributed by atoms with E-state index in [0.717, 1.165) is 16.5 Å². The van der Waals surface area contributed by atoms with Crippen molar-refractivity contribution < 1.29 is 14.3 Å². The molecular formula is C22H22Cl2N4O3. The molecule has 0 aliphatic heterocycles. The molecule has 162 valence electrons. The van der Waals surface area contributed by atoms with Crippen molar-refractivity contribution in [2.75, 3.05) is 13.2 Å². The first-order valence-corrected chi connectivity index (χ1v) is 10.4. The number of hydrogen-bond donors (Lipinski definition) is 2. The molecule has 31 heavy (non-hydrogen) atoms. The van der Waals surface area contributed by atoms with Gasteiger partial charge in [-0.25, -0.2) is 5.43 Å². The van der Waals surface area contributed by atoms with E-state index in [9.17, 15) is 9.59 Å². The molecule has 2 amide bonds. The molecule has 7 nitrogen and oxygen atoms in total. The second-order valence-corrected chi connectivity index (χ2v) is 7.88. The molecule has 3 aromatic rings. The molecule has 1 heterocycles. The zero-order valence-corrected chi connectivity index (χ0v) is 18.6. The van der Waals surface area contributed by atoms with Gasteiger partial charge < -0.3 is 14.6 Å². The average Bonchev–Trinajstić information content (AvgIpc) is 3.11. The number of hydrogen-bond acceptors (Lipinski definition) is 4. The highest BCUT2D eigenvalue weighted by Gasteiger charge is 2.10. The van der Waals surface area contributed by atoms with Crippen molar-refractivity contribution in [3.8, 4) is 5.75 Å². The first kappa shape index (κ1) is 22.7. The molecule has 0 aliphatic rings. The summed E-state index contributed by atoms with van der Waals surface area (Å²) in [5.74, 6) is -0.595. The van der Waals surface area contributed by atoms with Gasteiger partial charge in [0.25, 0.3) is 11.8 Å². The van der Waals surface area contributed by atoms with Crippen molar-refractivity contribution in [2.24, 2.45) is 5.10 Å². The van der Waals surface area contributed by atoms with Crippen molar-refractivity contribution in [1.82, 2.24) is 15.3 Å². The van der Waals surface area contributed by atoms with Gasteiger partial charge in [-0.15, -0.1) is 0 Å². The van der Waals surface area contributed by atoms with Gasteiger partial charge >= 0.3 is 0 Å².